The van der Waals surface area contributed by atoms with E-state index in [0.29, 0.717) is 18.9 Å². The van der Waals surface area contributed by atoms with Crippen molar-refractivity contribution >= 4 is 28.2 Å². The molecule has 0 aliphatic heterocycles. The van der Waals surface area contributed by atoms with Gasteiger partial charge in [-0.15, -0.1) is 0 Å². The Kier molecular flexibility index (Phi) is 17.9. The van der Waals surface area contributed by atoms with Crippen molar-refractivity contribution in [3.05, 3.63) is 35.9 Å². The molecule has 0 radical (unpaired) electrons. The average molecular weight is 417 g/mol. The summed E-state index contributed by atoms with van der Waals surface area (Å²) in [6.07, 6.45) is 0.591. The van der Waals surface area contributed by atoms with Crippen molar-refractivity contribution in [1.29, 1.82) is 0 Å². The number of rotatable bonds is 8. The molecule has 25 heavy (non-hydrogen) atoms. The van der Waals surface area contributed by atoms with Gasteiger partial charge in [0.1, 0.15) is 0 Å². The van der Waals surface area contributed by atoms with Crippen LogP contribution >= 0.6 is 15.9 Å². The molecule has 1 aromatic carbocycles. The van der Waals surface area contributed by atoms with Gasteiger partial charge in [0, 0.05) is 13.1 Å². The predicted molar refractivity (Wildman–Crippen MR) is 108 cm³/mol. The van der Waals surface area contributed by atoms with Crippen molar-refractivity contribution in [3.63, 3.8) is 0 Å². The maximum atomic E-state index is 11.0. The smallest absolute Gasteiger partial charge is 0.249 e. The molecule has 0 aliphatic rings. The molecule has 2 amide bonds. The van der Waals surface area contributed by atoms with Crippen LogP contribution in [0.15, 0.2) is 30.3 Å². The van der Waals surface area contributed by atoms with Crippen LogP contribution in [0.3, 0.4) is 0 Å². The fourth-order valence-corrected chi connectivity index (χ4v) is 1.80. The Labute approximate surface area is 160 Å². The van der Waals surface area contributed by atoms with Crippen LogP contribution in [0.4, 0.5) is 0 Å². The molecular formula is C18H33BrN4O2. The van der Waals surface area contributed by atoms with Gasteiger partial charge in [0.25, 0.3) is 0 Å². The molecule has 0 heterocycles. The molecule has 1 rings (SSSR count). The second-order valence-electron chi connectivity index (χ2n) is 5.37. The van der Waals surface area contributed by atoms with E-state index in [2.05, 4.69) is 42.1 Å². The minimum Gasteiger partial charge on any atom is -0.277 e. The second kappa shape index (κ2) is 17.4. The Bertz CT molecular complexity index is 444. The molecule has 0 aliphatic carbocycles. The molecule has 6 nitrogen and oxygen atoms in total. The van der Waals surface area contributed by atoms with E-state index >= 15 is 0 Å². The van der Waals surface area contributed by atoms with Gasteiger partial charge in [-0.3, -0.25) is 25.9 Å². The summed E-state index contributed by atoms with van der Waals surface area (Å²) in [7, 11) is 0. The van der Waals surface area contributed by atoms with E-state index in [1.54, 1.807) is 0 Å². The highest BCUT2D eigenvalue weighted by molar-refractivity contribution is 9.09. The van der Waals surface area contributed by atoms with Crippen LogP contribution in [-0.4, -0.2) is 40.8 Å². The molecule has 0 saturated heterocycles. The fraction of sp³-hybridized carbons (Fsp3) is 0.556. The quantitative estimate of drug-likeness (QED) is 0.295. The SMILES string of the molecule is CC.CCN(N)CC(C)C.O=CN(Cc1ccccc1)NC(=O)CBr. The average Bonchev–Trinajstić information content (AvgIpc) is 2.63. The maximum Gasteiger partial charge on any atom is 0.249 e. The number of alkyl halides is 1. The van der Waals surface area contributed by atoms with Gasteiger partial charge in [-0.05, 0) is 11.5 Å². The molecule has 0 aromatic heterocycles. The first-order chi connectivity index (χ1) is 11.9. The van der Waals surface area contributed by atoms with E-state index in [-0.39, 0.29) is 11.2 Å². The number of benzene rings is 1. The van der Waals surface area contributed by atoms with Gasteiger partial charge in [-0.25, -0.2) is 5.01 Å². The zero-order valence-electron chi connectivity index (χ0n) is 16.0. The molecule has 0 saturated carbocycles. The minimum atomic E-state index is -0.252. The van der Waals surface area contributed by atoms with Crippen LogP contribution in [0.1, 0.15) is 40.2 Å². The summed E-state index contributed by atoms with van der Waals surface area (Å²) in [5, 5.41) is 3.20. The van der Waals surface area contributed by atoms with Crippen LogP contribution in [0, 0.1) is 5.92 Å². The monoisotopic (exact) mass is 416 g/mol. The largest absolute Gasteiger partial charge is 0.277 e. The van der Waals surface area contributed by atoms with Crippen LogP contribution in [0.5, 0.6) is 0 Å². The summed E-state index contributed by atoms with van der Waals surface area (Å²) in [6.45, 7) is 12.7. The Morgan fingerprint density at radius 2 is 1.84 bits per heavy atom. The summed E-state index contributed by atoms with van der Waals surface area (Å²) in [5.74, 6) is 5.94. The van der Waals surface area contributed by atoms with E-state index in [1.807, 2.05) is 49.2 Å². The van der Waals surface area contributed by atoms with Crippen molar-refractivity contribution in [2.45, 2.75) is 41.2 Å². The Balaban J connectivity index is 0. The normalized spacial score (nSPS) is 9.48. The number of carbonyl (C=O) groups excluding carboxylic acids is 2. The number of amides is 2. The molecule has 0 fully saturated rings. The summed E-state index contributed by atoms with van der Waals surface area (Å²) in [6, 6.07) is 9.43. The van der Waals surface area contributed by atoms with E-state index in [9.17, 15) is 9.59 Å². The summed E-state index contributed by atoms with van der Waals surface area (Å²) in [5.41, 5.74) is 3.40. The molecule has 0 spiro atoms. The van der Waals surface area contributed by atoms with Crippen molar-refractivity contribution in [2.24, 2.45) is 11.8 Å². The number of nitrogens with zero attached hydrogens (tertiary/aromatic N) is 2. The standard InChI is InChI=1S/C10H11BrN2O2.C6H16N2.C2H6/c11-6-10(15)12-13(8-14)7-9-4-2-1-3-5-9;1-4-8(7)5-6(2)3;1-2/h1-5,8H,6-7H2,(H,12,15);6H,4-5,7H2,1-3H3;1-2H3. The van der Waals surface area contributed by atoms with Crippen molar-refractivity contribution in [1.82, 2.24) is 15.4 Å². The van der Waals surface area contributed by atoms with E-state index < -0.39 is 0 Å². The first-order valence-electron chi connectivity index (χ1n) is 8.53. The van der Waals surface area contributed by atoms with Crippen molar-refractivity contribution < 1.29 is 9.59 Å². The Morgan fingerprint density at radius 3 is 2.20 bits per heavy atom. The number of halogens is 1. The van der Waals surface area contributed by atoms with Gasteiger partial charge in [0.15, 0.2) is 0 Å². The maximum absolute atomic E-state index is 11.0. The van der Waals surface area contributed by atoms with Crippen LogP contribution in [-0.2, 0) is 16.1 Å². The Hall–Kier alpha value is -1.44. The van der Waals surface area contributed by atoms with E-state index in [4.69, 9.17) is 5.84 Å². The fourth-order valence-electron chi connectivity index (χ4n) is 1.67. The number of nitrogens with two attached hydrogens (primary N) is 1. The van der Waals surface area contributed by atoms with Crippen LogP contribution in [0.2, 0.25) is 0 Å². The molecule has 7 heteroatoms. The predicted octanol–water partition coefficient (Wildman–Crippen LogP) is 2.94. The third kappa shape index (κ3) is 15.8. The summed E-state index contributed by atoms with van der Waals surface area (Å²) < 4.78 is 0. The number of hydrogen-bond donors (Lipinski definition) is 2. The zero-order chi connectivity index (χ0) is 19.7. The van der Waals surface area contributed by atoms with Gasteiger partial charge in [-0.1, -0.05) is 80.9 Å². The highest BCUT2D eigenvalue weighted by atomic mass is 79.9. The van der Waals surface area contributed by atoms with Gasteiger partial charge < -0.3 is 0 Å². The topological polar surface area (TPSA) is 78.7 Å². The molecule has 0 bridgehead atoms. The molecule has 1 aromatic rings. The van der Waals surface area contributed by atoms with Gasteiger partial charge >= 0.3 is 0 Å². The number of carbonyl (C=O) groups is 2. The lowest BCUT2D eigenvalue weighted by Crippen LogP contribution is -2.41. The summed E-state index contributed by atoms with van der Waals surface area (Å²) >= 11 is 3.00. The van der Waals surface area contributed by atoms with E-state index in [0.717, 1.165) is 18.7 Å². The number of nitrogens with one attached hydrogen (secondary N) is 1. The van der Waals surface area contributed by atoms with Gasteiger partial charge in [0.2, 0.25) is 12.3 Å². The highest BCUT2D eigenvalue weighted by Crippen LogP contribution is 2.00. The summed E-state index contributed by atoms with van der Waals surface area (Å²) in [4.78, 5) is 21.7. The van der Waals surface area contributed by atoms with E-state index in [1.165, 1.54) is 5.01 Å². The lowest BCUT2D eigenvalue weighted by molar-refractivity contribution is -0.132. The highest BCUT2D eigenvalue weighted by Gasteiger charge is 2.05. The van der Waals surface area contributed by atoms with Crippen molar-refractivity contribution in [3.8, 4) is 0 Å². The van der Waals surface area contributed by atoms with Crippen molar-refractivity contribution in [2.75, 3.05) is 18.4 Å². The lowest BCUT2D eigenvalue weighted by Gasteiger charge is -2.17. The molecular weight excluding hydrogens is 384 g/mol. The number of hydrogen-bond acceptors (Lipinski definition) is 4. The van der Waals surface area contributed by atoms with Gasteiger partial charge in [0.05, 0.1) is 11.9 Å². The molecule has 0 atom stereocenters. The Morgan fingerprint density at radius 1 is 1.28 bits per heavy atom. The minimum absolute atomic E-state index is 0.173. The lowest BCUT2D eigenvalue weighted by atomic mass is 10.2. The first kappa shape index (κ1) is 25.8. The molecule has 3 N–H and O–H groups in total. The number of hydrazine groups is 2. The third-order valence-electron chi connectivity index (χ3n) is 2.72. The molecule has 0 unspecified atom stereocenters. The molecule has 144 valence electrons. The van der Waals surface area contributed by atoms with Crippen LogP contribution in [0.25, 0.3) is 0 Å². The zero-order valence-corrected chi connectivity index (χ0v) is 17.6. The van der Waals surface area contributed by atoms with Crippen LogP contribution < -0.4 is 11.3 Å². The first-order valence-corrected chi connectivity index (χ1v) is 9.66. The second-order valence-corrected chi connectivity index (χ2v) is 5.93. The third-order valence-corrected chi connectivity index (χ3v) is 3.23. The van der Waals surface area contributed by atoms with Gasteiger partial charge in [-0.2, -0.15) is 0 Å².